The summed E-state index contributed by atoms with van der Waals surface area (Å²) in [5.74, 6) is -0.304. The van der Waals surface area contributed by atoms with E-state index in [1.807, 2.05) is 72.2 Å². The molecule has 4 aromatic rings. The number of carbonyl (C=O) groups is 1. The van der Waals surface area contributed by atoms with Gasteiger partial charge in [-0.1, -0.05) is 60.7 Å². The summed E-state index contributed by atoms with van der Waals surface area (Å²) in [7, 11) is 0. The molecule has 0 saturated carbocycles. The zero-order valence-corrected chi connectivity index (χ0v) is 14.2. The maximum Gasteiger partial charge on any atom is 0.348 e. The fourth-order valence-electron chi connectivity index (χ4n) is 2.82. The maximum absolute atomic E-state index is 12.2. The lowest BCUT2D eigenvalue weighted by Crippen LogP contribution is -2.05. The molecule has 0 aliphatic carbocycles. The van der Waals surface area contributed by atoms with Crippen molar-refractivity contribution in [2.75, 3.05) is 0 Å². The third-order valence-corrected chi connectivity index (χ3v) is 4.87. The Labute approximate surface area is 149 Å². The molecule has 0 aliphatic rings. The third kappa shape index (κ3) is 3.16. The molecule has 0 unspecified atom stereocenters. The van der Waals surface area contributed by atoms with Crippen LogP contribution in [0.5, 0.6) is 0 Å². The van der Waals surface area contributed by atoms with Crippen molar-refractivity contribution in [3.05, 3.63) is 88.7 Å². The zero-order valence-electron chi connectivity index (χ0n) is 13.4. The molecule has 122 valence electrons. The van der Waals surface area contributed by atoms with Gasteiger partial charge in [0.2, 0.25) is 0 Å². The molecule has 0 radical (unpaired) electrons. The fourth-order valence-corrected chi connectivity index (χ4v) is 3.43. The van der Waals surface area contributed by atoms with Gasteiger partial charge in [-0.05, 0) is 16.8 Å². The predicted octanol–water partition coefficient (Wildman–Crippen LogP) is 5.32. The van der Waals surface area contributed by atoms with Crippen molar-refractivity contribution in [1.82, 2.24) is 4.98 Å². The fraction of sp³-hybridized carbons (Fsp3) is 0.0476. The second-order valence-corrected chi connectivity index (χ2v) is 6.54. The Hall–Kier alpha value is -2.98. The molecule has 0 amide bonds. The predicted molar refractivity (Wildman–Crippen MR) is 101 cm³/mol. The molecule has 0 spiro atoms. The number of hydrogen-bond donors (Lipinski definition) is 0. The van der Waals surface area contributed by atoms with Crippen molar-refractivity contribution in [3.8, 4) is 11.3 Å². The van der Waals surface area contributed by atoms with Crippen LogP contribution in [0.15, 0.2) is 78.3 Å². The van der Waals surface area contributed by atoms with Crippen LogP contribution in [0, 0.1) is 0 Å². The Balaban J connectivity index is 1.75. The van der Waals surface area contributed by atoms with Crippen LogP contribution >= 0.6 is 11.3 Å². The average molecular weight is 345 g/mol. The van der Waals surface area contributed by atoms with Crippen molar-refractivity contribution in [2.45, 2.75) is 6.61 Å². The lowest BCUT2D eigenvalue weighted by molar-refractivity contribution is 0.0480. The van der Waals surface area contributed by atoms with E-state index in [4.69, 9.17) is 4.74 Å². The van der Waals surface area contributed by atoms with E-state index in [9.17, 15) is 4.79 Å². The van der Waals surface area contributed by atoms with Crippen LogP contribution in [0.3, 0.4) is 0 Å². The first-order chi connectivity index (χ1) is 12.3. The highest BCUT2D eigenvalue weighted by Gasteiger charge is 2.14. The molecular formula is C21H15NO2S. The molecule has 0 atom stereocenters. The van der Waals surface area contributed by atoms with Gasteiger partial charge in [-0.15, -0.1) is 11.3 Å². The molecule has 0 fully saturated rings. The number of fused-ring (bicyclic) bond motifs is 1. The first kappa shape index (κ1) is 15.5. The molecule has 3 nitrogen and oxygen atoms in total. The van der Waals surface area contributed by atoms with Crippen LogP contribution < -0.4 is 0 Å². The quantitative estimate of drug-likeness (QED) is 0.470. The second-order valence-electron chi connectivity index (χ2n) is 5.59. The van der Waals surface area contributed by atoms with Gasteiger partial charge in [-0.25, -0.2) is 4.79 Å². The normalized spacial score (nSPS) is 10.7. The second kappa shape index (κ2) is 6.87. The van der Waals surface area contributed by atoms with E-state index in [-0.39, 0.29) is 12.6 Å². The first-order valence-electron chi connectivity index (χ1n) is 7.95. The monoisotopic (exact) mass is 345 g/mol. The van der Waals surface area contributed by atoms with E-state index < -0.39 is 0 Å². The van der Waals surface area contributed by atoms with Crippen molar-refractivity contribution in [2.24, 2.45) is 0 Å². The molecule has 2 aromatic carbocycles. The van der Waals surface area contributed by atoms with Crippen molar-refractivity contribution >= 4 is 28.1 Å². The largest absolute Gasteiger partial charge is 0.457 e. The topological polar surface area (TPSA) is 39.2 Å². The van der Waals surface area contributed by atoms with Gasteiger partial charge in [-0.3, -0.25) is 4.98 Å². The van der Waals surface area contributed by atoms with Gasteiger partial charge < -0.3 is 4.74 Å². The number of rotatable bonds is 4. The van der Waals surface area contributed by atoms with Gasteiger partial charge in [-0.2, -0.15) is 0 Å². The lowest BCUT2D eigenvalue weighted by atomic mass is 10.0. The van der Waals surface area contributed by atoms with Crippen LogP contribution in [0.25, 0.3) is 22.0 Å². The highest BCUT2D eigenvalue weighted by Crippen LogP contribution is 2.29. The van der Waals surface area contributed by atoms with Gasteiger partial charge in [0.15, 0.2) is 0 Å². The number of aromatic nitrogens is 1. The number of thiophene rings is 1. The summed E-state index contributed by atoms with van der Waals surface area (Å²) in [6.45, 7) is 0.190. The van der Waals surface area contributed by atoms with Crippen LogP contribution in [0.1, 0.15) is 15.2 Å². The Bertz CT molecular complexity index is 1010. The molecule has 2 aromatic heterocycles. The Morgan fingerprint density at radius 3 is 2.56 bits per heavy atom. The van der Waals surface area contributed by atoms with Crippen molar-refractivity contribution < 1.29 is 9.53 Å². The molecule has 25 heavy (non-hydrogen) atoms. The molecule has 0 aliphatic heterocycles. The molecule has 0 saturated heterocycles. The van der Waals surface area contributed by atoms with Gasteiger partial charge in [0.25, 0.3) is 0 Å². The summed E-state index contributed by atoms with van der Waals surface area (Å²) in [4.78, 5) is 17.5. The number of nitrogens with zero attached hydrogens (tertiary/aromatic N) is 1. The Morgan fingerprint density at radius 2 is 1.76 bits per heavy atom. The van der Waals surface area contributed by atoms with Crippen LogP contribution in [-0.4, -0.2) is 11.0 Å². The molecule has 4 rings (SSSR count). The molecule has 0 bridgehead atoms. The number of benzene rings is 2. The van der Waals surface area contributed by atoms with E-state index in [1.165, 1.54) is 11.3 Å². The average Bonchev–Trinajstić information content (AvgIpc) is 3.21. The molecule has 0 N–H and O–H groups in total. The summed E-state index contributed by atoms with van der Waals surface area (Å²) >= 11 is 1.38. The summed E-state index contributed by atoms with van der Waals surface area (Å²) in [6, 6.07) is 21.6. The summed E-state index contributed by atoms with van der Waals surface area (Å²) < 4.78 is 5.57. The smallest absolute Gasteiger partial charge is 0.348 e. The van der Waals surface area contributed by atoms with E-state index in [1.54, 1.807) is 6.07 Å². The van der Waals surface area contributed by atoms with Gasteiger partial charge in [0.05, 0.1) is 5.69 Å². The van der Waals surface area contributed by atoms with Crippen LogP contribution in [0.4, 0.5) is 0 Å². The lowest BCUT2D eigenvalue weighted by Gasteiger charge is -2.13. The molecule has 4 heteroatoms. The highest BCUT2D eigenvalue weighted by molar-refractivity contribution is 7.11. The SMILES string of the molecule is O=C(OCc1c(-c2ccccc2)ncc2ccccc12)c1cccs1. The first-order valence-corrected chi connectivity index (χ1v) is 8.83. The Kier molecular flexibility index (Phi) is 4.27. The molecule has 2 heterocycles. The van der Waals surface area contributed by atoms with E-state index in [0.29, 0.717) is 4.88 Å². The van der Waals surface area contributed by atoms with E-state index in [2.05, 4.69) is 4.98 Å². The summed E-state index contributed by atoms with van der Waals surface area (Å²) in [5.41, 5.74) is 2.78. The number of hydrogen-bond acceptors (Lipinski definition) is 4. The standard InChI is InChI=1S/C21H15NO2S/c23-21(19-11-6-12-25-19)24-14-18-17-10-5-4-9-16(17)13-22-20(18)15-7-2-1-3-8-15/h1-13H,14H2. The van der Waals surface area contributed by atoms with E-state index in [0.717, 1.165) is 27.6 Å². The third-order valence-electron chi connectivity index (χ3n) is 4.02. The summed E-state index contributed by atoms with van der Waals surface area (Å²) in [6.07, 6.45) is 1.86. The van der Waals surface area contributed by atoms with E-state index >= 15 is 0 Å². The zero-order chi connectivity index (χ0) is 17.1. The van der Waals surface area contributed by atoms with Gasteiger partial charge in [0.1, 0.15) is 11.5 Å². The number of ether oxygens (including phenoxy) is 1. The van der Waals surface area contributed by atoms with Crippen LogP contribution in [0.2, 0.25) is 0 Å². The van der Waals surface area contributed by atoms with Gasteiger partial charge in [0, 0.05) is 22.7 Å². The van der Waals surface area contributed by atoms with Crippen molar-refractivity contribution in [1.29, 1.82) is 0 Å². The summed E-state index contributed by atoms with van der Waals surface area (Å²) in [5, 5.41) is 3.95. The minimum absolute atomic E-state index is 0.190. The van der Waals surface area contributed by atoms with Gasteiger partial charge >= 0.3 is 5.97 Å². The number of esters is 1. The maximum atomic E-state index is 12.2. The minimum Gasteiger partial charge on any atom is -0.457 e. The molecular weight excluding hydrogens is 330 g/mol. The van der Waals surface area contributed by atoms with Crippen molar-refractivity contribution in [3.63, 3.8) is 0 Å². The number of pyridine rings is 1. The Morgan fingerprint density at radius 1 is 0.960 bits per heavy atom. The number of carbonyl (C=O) groups excluding carboxylic acids is 1. The van der Waals surface area contributed by atoms with Crippen LogP contribution in [-0.2, 0) is 11.3 Å². The minimum atomic E-state index is -0.304. The highest BCUT2D eigenvalue weighted by atomic mass is 32.1.